The van der Waals surface area contributed by atoms with Gasteiger partial charge < -0.3 is 5.11 Å². The highest BCUT2D eigenvalue weighted by Gasteiger charge is 2.40. The molecule has 0 saturated heterocycles. The van der Waals surface area contributed by atoms with E-state index in [4.69, 9.17) is 28.3 Å². The van der Waals surface area contributed by atoms with E-state index in [9.17, 15) is 14.4 Å². The van der Waals surface area contributed by atoms with Gasteiger partial charge in [0.1, 0.15) is 0 Å². The Hall–Kier alpha value is -3.33. The van der Waals surface area contributed by atoms with Crippen molar-refractivity contribution in [3.05, 3.63) is 98.0 Å². The Labute approximate surface area is 237 Å². The van der Waals surface area contributed by atoms with Crippen LogP contribution in [0, 0.1) is 5.92 Å². The molecule has 2 amide bonds. The predicted octanol–water partition coefficient (Wildman–Crippen LogP) is 6.39. The van der Waals surface area contributed by atoms with Gasteiger partial charge in [-0.2, -0.15) is 5.10 Å². The van der Waals surface area contributed by atoms with Crippen molar-refractivity contribution in [2.24, 2.45) is 16.0 Å². The summed E-state index contributed by atoms with van der Waals surface area (Å²) in [4.78, 5) is 42.2. The van der Waals surface area contributed by atoms with Crippen LogP contribution in [0.2, 0.25) is 10.0 Å². The number of carboxylic acids is 1. The summed E-state index contributed by atoms with van der Waals surface area (Å²) in [5.41, 5.74) is 3.49. The number of hydrazone groups is 1. The van der Waals surface area contributed by atoms with Gasteiger partial charge in [-0.25, -0.2) is 10.0 Å². The number of aliphatic carboxylic acids is 1. The van der Waals surface area contributed by atoms with E-state index in [1.54, 1.807) is 24.3 Å². The number of dihydropyridines is 1. The third-order valence-electron chi connectivity index (χ3n) is 6.50. The van der Waals surface area contributed by atoms with E-state index in [0.29, 0.717) is 32.6 Å². The Morgan fingerprint density at radius 2 is 1.84 bits per heavy atom. The zero-order chi connectivity index (χ0) is 27.0. The Bertz CT molecular complexity index is 1510. The maximum absolute atomic E-state index is 13.5. The first-order chi connectivity index (χ1) is 18.2. The SMILES string of the molecule is O=C(O)CCC(=O)N1N=C(C2=C(c3ccccc3)C3C=C(Br)C=CC3=NC2=O)CC1c1ccc(Cl)cc1Cl. The number of carbonyl (C=O) groups is 3. The monoisotopic (exact) mass is 611 g/mol. The van der Waals surface area contributed by atoms with Crippen LogP contribution in [0.15, 0.2) is 86.9 Å². The first kappa shape index (κ1) is 26.3. The molecule has 2 heterocycles. The van der Waals surface area contributed by atoms with Gasteiger partial charge in [0.2, 0.25) is 5.91 Å². The lowest BCUT2D eigenvalue weighted by molar-refractivity contribution is -0.141. The second kappa shape index (κ2) is 10.8. The fourth-order valence-electron chi connectivity index (χ4n) is 4.80. The molecule has 10 heteroatoms. The highest BCUT2D eigenvalue weighted by molar-refractivity contribution is 9.11. The number of amides is 2. The molecule has 2 aromatic rings. The maximum atomic E-state index is 13.5. The van der Waals surface area contributed by atoms with Crippen molar-refractivity contribution in [3.8, 4) is 0 Å². The fraction of sp³-hybridized carbons (Fsp3) is 0.179. The largest absolute Gasteiger partial charge is 0.481 e. The average molecular weight is 613 g/mol. The van der Waals surface area contributed by atoms with Crippen molar-refractivity contribution in [2.75, 3.05) is 0 Å². The number of benzene rings is 2. The molecule has 0 fully saturated rings. The minimum Gasteiger partial charge on any atom is -0.481 e. The molecule has 2 aliphatic heterocycles. The molecular weight excluding hydrogens is 593 g/mol. The first-order valence-corrected chi connectivity index (χ1v) is 13.3. The molecule has 38 heavy (non-hydrogen) atoms. The molecule has 2 atom stereocenters. The summed E-state index contributed by atoms with van der Waals surface area (Å²) in [6.45, 7) is 0. The van der Waals surface area contributed by atoms with E-state index in [1.807, 2.05) is 42.5 Å². The summed E-state index contributed by atoms with van der Waals surface area (Å²) in [5, 5.41) is 15.7. The minimum absolute atomic E-state index is 0.190. The van der Waals surface area contributed by atoms with Gasteiger partial charge in [0.15, 0.2) is 0 Å². The number of hydrogen-bond acceptors (Lipinski definition) is 4. The Morgan fingerprint density at radius 1 is 1.08 bits per heavy atom. The van der Waals surface area contributed by atoms with E-state index >= 15 is 0 Å². The van der Waals surface area contributed by atoms with Crippen LogP contribution in [0.4, 0.5) is 0 Å². The molecule has 5 rings (SSSR count). The second-order valence-corrected chi connectivity index (χ2v) is 10.7. The van der Waals surface area contributed by atoms with Crippen molar-refractivity contribution in [1.82, 2.24) is 5.01 Å². The second-order valence-electron chi connectivity index (χ2n) is 8.92. The number of carboxylic acid groups (broad SMARTS) is 1. The number of hydrogen-bond donors (Lipinski definition) is 1. The summed E-state index contributed by atoms with van der Waals surface area (Å²) in [6.07, 6.45) is 5.21. The molecule has 2 aromatic carbocycles. The standard InChI is InChI=1S/C28H20BrCl2N3O4/c29-16-6-9-21-19(12-16)26(15-4-2-1-3-5-15)27(28(38)32-21)22-14-23(18-8-7-17(30)13-20(18)31)34(33-22)24(35)10-11-25(36)37/h1-9,12-13,19,23H,10-11,14H2,(H,36,37). The van der Waals surface area contributed by atoms with Gasteiger partial charge in [0.05, 0.1) is 29.5 Å². The third kappa shape index (κ3) is 5.16. The van der Waals surface area contributed by atoms with Gasteiger partial charge in [-0.1, -0.05) is 81.6 Å². The highest BCUT2D eigenvalue weighted by Crippen LogP contribution is 2.43. The quantitative estimate of drug-likeness (QED) is 0.409. The molecule has 7 nitrogen and oxygen atoms in total. The normalized spacial score (nSPS) is 20.7. The molecule has 3 aliphatic rings. The number of fused-ring (bicyclic) bond motifs is 1. The summed E-state index contributed by atoms with van der Waals surface area (Å²) in [6, 6.07) is 13.8. The number of nitrogens with zero attached hydrogens (tertiary/aromatic N) is 3. The molecule has 2 unspecified atom stereocenters. The number of aliphatic imine (C=N–C) groups is 1. The molecule has 1 N–H and O–H groups in total. The van der Waals surface area contributed by atoms with Gasteiger partial charge in [-0.15, -0.1) is 0 Å². The van der Waals surface area contributed by atoms with Crippen molar-refractivity contribution in [1.29, 1.82) is 0 Å². The number of rotatable bonds is 6. The van der Waals surface area contributed by atoms with E-state index in [0.717, 1.165) is 15.6 Å². The zero-order valence-electron chi connectivity index (χ0n) is 19.8. The zero-order valence-corrected chi connectivity index (χ0v) is 22.9. The summed E-state index contributed by atoms with van der Waals surface area (Å²) in [5.74, 6) is -2.34. The van der Waals surface area contributed by atoms with Gasteiger partial charge in [0, 0.05) is 33.3 Å². The van der Waals surface area contributed by atoms with Gasteiger partial charge in [-0.05, 0) is 41.0 Å². The van der Waals surface area contributed by atoms with E-state index in [2.05, 4.69) is 26.0 Å². The molecule has 1 aliphatic carbocycles. The summed E-state index contributed by atoms with van der Waals surface area (Å²) in [7, 11) is 0. The van der Waals surface area contributed by atoms with Gasteiger partial charge in [-0.3, -0.25) is 14.4 Å². The van der Waals surface area contributed by atoms with E-state index < -0.39 is 23.8 Å². The Morgan fingerprint density at radius 3 is 2.55 bits per heavy atom. The van der Waals surface area contributed by atoms with Crippen LogP contribution >= 0.6 is 39.1 Å². The van der Waals surface area contributed by atoms with Crippen LogP contribution in [-0.4, -0.2) is 39.3 Å². The molecular formula is C28H20BrCl2N3O4. The lowest BCUT2D eigenvalue weighted by Crippen LogP contribution is -2.27. The lowest BCUT2D eigenvalue weighted by atomic mass is 9.79. The molecule has 192 valence electrons. The number of carbonyl (C=O) groups excluding carboxylic acids is 2. The van der Waals surface area contributed by atoms with Gasteiger partial charge in [0.25, 0.3) is 5.91 Å². The van der Waals surface area contributed by atoms with Crippen molar-refractivity contribution < 1.29 is 19.5 Å². The summed E-state index contributed by atoms with van der Waals surface area (Å²) >= 11 is 16.1. The summed E-state index contributed by atoms with van der Waals surface area (Å²) < 4.78 is 0.855. The van der Waals surface area contributed by atoms with Crippen LogP contribution in [0.1, 0.15) is 36.4 Å². The van der Waals surface area contributed by atoms with Crippen LogP contribution in [0.3, 0.4) is 0 Å². The van der Waals surface area contributed by atoms with E-state index in [-0.39, 0.29) is 25.2 Å². The topological polar surface area (TPSA) is 99.4 Å². The smallest absolute Gasteiger partial charge is 0.303 e. The average Bonchev–Trinajstić information content (AvgIpc) is 3.32. The van der Waals surface area contributed by atoms with Crippen molar-refractivity contribution in [3.63, 3.8) is 0 Å². The van der Waals surface area contributed by atoms with Crippen molar-refractivity contribution >= 4 is 73.9 Å². The lowest BCUT2D eigenvalue weighted by Gasteiger charge is -2.27. The van der Waals surface area contributed by atoms with Crippen LogP contribution in [0.25, 0.3) is 5.57 Å². The third-order valence-corrected chi connectivity index (χ3v) is 7.59. The highest BCUT2D eigenvalue weighted by atomic mass is 79.9. The van der Waals surface area contributed by atoms with Gasteiger partial charge >= 0.3 is 5.97 Å². The number of allylic oxidation sites excluding steroid dienone is 5. The van der Waals surface area contributed by atoms with Crippen LogP contribution < -0.4 is 0 Å². The number of halogens is 3. The molecule has 0 spiro atoms. The molecule has 0 radical (unpaired) electrons. The predicted molar refractivity (Wildman–Crippen MR) is 150 cm³/mol. The first-order valence-electron chi connectivity index (χ1n) is 11.8. The van der Waals surface area contributed by atoms with Crippen LogP contribution in [-0.2, 0) is 14.4 Å². The maximum Gasteiger partial charge on any atom is 0.303 e. The Kier molecular flexibility index (Phi) is 7.47. The molecule has 0 saturated carbocycles. The fourth-order valence-corrected chi connectivity index (χ4v) is 5.74. The van der Waals surface area contributed by atoms with Crippen molar-refractivity contribution in [2.45, 2.75) is 25.3 Å². The minimum atomic E-state index is -1.09. The molecule has 0 aromatic heterocycles. The van der Waals surface area contributed by atoms with E-state index in [1.165, 1.54) is 5.01 Å². The molecule has 0 bridgehead atoms. The Balaban J connectivity index is 1.65. The van der Waals surface area contributed by atoms with Crippen LogP contribution in [0.5, 0.6) is 0 Å².